The van der Waals surface area contributed by atoms with Gasteiger partial charge in [0.2, 0.25) is 0 Å². The highest BCUT2D eigenvalue weighted by Crippen LogP contribution is 2.45. The van der Waals surface area contributed by atoms with Gasteiger partial charge in [-0.15, -0.1) is 0 Å². The van der Waals surface area contributed by atoms with E-state index in [0.717, 1.165) is 24.7 Å². The van der Waals surface area contributed by atoms with E-state index in [-0.39, 0.29) is 21.7 Å². The Morgan fingerprint density at radius 1 is 0.423 bits per heavy atom. The van der Waals surface area contributed by atoms with Crippen molar-refractivity contribution < 1.29 is 0 Å². The van der Waals surface area contributed by atoms with E-state index in [2.05, 4.69) is 201 Å². The highest BCUT2D eigenvalue weighted by atomic mass is 14.4. The Balaban J connectivity index is 0.000000394. The summed E-state index contributed by atoms with van der Waals surface area (Å²) in [6, 6.07) is 18.3. The van der Waals surface area contributed by atoms with Crippen LogP contribution in [0, 0.1) is 44.3 Å². The molecule has 0 N–H and O–H groups in total. The fourth-order valence-corrected chi connectivity index (χ4v) is 7.74. The molecule has 2 aromatic rings. The van der Waals surface area contributed by atoms with Crippen LogP contribution >= 0.6 is 0 Å². The summed E-state index contributed by atoms with van der Waals surface area (Å²) < 4.78 is 0. The highest BCUT2D eigenvalue weighted by molar-refractivity contribution is 5.35. The molecule has 0 spiro atoms. The molecule has 2 atom stereocenters. The first-order valence-electron chi connectivity index (χ1n) is 21.2. The molecule has 0 saturated heterocycles. The van der Waals surface area contributed by atoms with Gasteiger partial charge in [-0.2, -0.15) is 0 Å². The molecular weight excluding hydrogens is 625 g/mol. The Morgan fingerprint density at radius 3 is 1.04 bits per heavy atom. The van der Waals surface area contributed by atoms with Crippen molar-refractivity contribution in [1.82, 2.24) is 0 Å². The quantitative estimate of drug-likeness (QED) is 0.279. The maximum Gasteiger partial charge on any atom is -0.00550 e. The monoisotopic (exact) mass is 717 g/mol. The summed E-state index contributed by atoms with van der Waals surface area (Å²) in [5, 5.41) is 0. The van der Waals surface area contributed by atoms with Crippen molar-refractivity contribution in [2.45, 2.75) is 215 Å². The number of rotatable bonds is 6. The van der Waals surface area contributed by atoms with Gasteiger partial charge in [-0.3, -0.25) is 0 Å². The van der Waals surface area contributed by atoms with Crippen molar-refractivity contribution in [3.63, 3.8) is 0 Å². The molecule has 0 heterocycles. The van der Waals surface area contributed by atoms with Crippen molar-refractivity contribution in [2.24, 2.45) is 44.3 Å². The minimum atomic E-state index is 0.164. The van der Waals surface area contributed by atoms with Crippen molar-refractivity contribution in [3.8, 4) is 0 Å². The van der Waals surface area contributed by atoms with Crippen molar-refractivity contribution in [2.75, 3.05) is 0 Å². The summed E-state index contributed by atoms with van der Waals surface area (Å²) >= 11 is 0. The lowest BCUT2D eigenvalue weighted by Crippen LogP contribution is -2.36. The lowest BCUT2D eigenvalue weighted by atomic mass is 9.62. The second kappa shape index (κ2) is 17.9. The lowest BCUT2D eigenvalue weighted by molar-refractivity contribution is 0.161. The van der Waals surface area contributed by atoms with E-state index < -0.39 is 0 Å². The first-order valence-corrected chi connectivity index (χ1v) is 21.2. The van der Waals surface area contributed by atoms with Gasteiger partial charge >= 0.3 is 0 Å². The van der Waals surface area contributed by atoms with E-state index in [1.807, 2.05) is 0 Å². The third kappa shape index (κ3) is 17.7. The molecular formula is C52H92. The van der Waals surface area contributed by atoms with Crippen LogP contribution in [0.4, 0.5) is 0 Å². The molecule has 1 aliphatic carbocycles. The molecule has 1 aliphatic rings. The largest absolute Gasteiger partial charge is 0.0617 e. The molecule has 0 aliphatic heterocycles. The third-order valence-electron chi connectivity index (χ3n) is 12.2. The molecule has 0 aromatic heterocycles. The summed E-state index contributed by atoms with van der Waals surface area (Å²) in [6.45, 7) is 51.5. The fourth-order valence-electron chi connectivity index (χ4n) is 7.74. The Hall–Kier alpha value is -1.56. The van der Waals surface area contributed by atoms with Crippen LogP contribution in [0.15, 0.2) is 48.5 Å². The topological polar surface area (TPSA) is 0 Å². The van der Waals surface area contributed by atoms with Gasteiger partial charge in [0.15, 0.2) is 0 Å². The average Bonchev–Trinajstić information content (AvgIpc) is 2.89. The van der Waals surface area contributed by atoms with E-state index >= 15 is 0 Å². The Kier molecular flexibility index (Phi) is 16.7. The molecule has 2 unspecified atom stereocenters. The Morgan fingerprint density at radius 2 is 0.750 bits per heavy atom. The van der Waals surface area contributed by atoms with Gasteiger partial charge < -0.3 is 0 Å². The van der Waals surface area contributed by atoms with Crippen LogP contribution in [0.5, 0.6) is 0 Å². The zero-order valence-corrected chi connectivity index (χ0v) is 39.4. The lowest BCUT2D eigenvalue weighted by Gasteiger charge is -2.42. The first-order chi connectivity index (χ1) is 23.0. The van der Waals surface area contributed by atoms with Gasteiger partial charge in [-0.1, -0.05) is 220 Å². The molecule has 300 valence electrons. The van der Waals surface area contributed by atoms with E-state index in [9.17, 15) is 0 Å². The van der Waals surface area contributed by atoms with Crippen LogP contribution in [0.3, 0.4) is 0 Å². The minimum Gasteiger partial charge on any atom is -0.0617 e. The smallest absolute Gasteiger partial charge is 0.00550 e. The van der Waals surface area contributed by atoms with Crippen molar-refractivity contribution in [3.05, 3.63) is 70.8 Å². The molecule has 52 heavy (non-hydrogen) atoms. The van der Waals surface area contributed by atoms with E-state index in [1.54, 1.807) is 0 Å². The van der Waals surface area contributed by atoms with Gasteiger partial charge in [-0.05, 0) is 110 Å². The number of hydrogen-bond acceptors (Lipinski definition) is 0. The fraction of sp³-hybridized carbons (Fsp3) is 0.769. The molecule has 1 saturated carbocycles. The van der Waals surface area contributed by atoms with Gasteiger partial charge in [0.05, 0.1) is 0 Å². The molecule has 1 fully saturated rings. The standard InChI is InChI=1S/C20H34.C16H32.C16H26/c1-17(2,3)19(7,8)15-12-11-13-16(14-15)20(9,10)18(4,5)6;2*1-15(2,3)11-13-8-7-9-14(10-13)12-16(4,5)6/h11-14H,1-10H3;13-14H,7-12H2,1-6H3;7-10H,11-12H2,1-6H3. The summed E-state index contributed by atoms with van der Waals surface area (Å²) in [7, 11) is 0. The molecule has 2 aromatic carbocycles. The Bertz CT molecular complexity index is 1230. The molecule has 0 amide bonds. The zero-order chi connectivity index (χ0) is 40.8. The second-order valence-corrected chi connectivity index (χ2v) is 25.1. The molecule has 3 rings (SSSR count). The number of hydrogen-bond donors (Lipinski definition) is 0. The first kappa shape index (κ1) is 48.5. The van der Waals surface area contributed by atoms with Crippen molar-refractivity contribution >= 4 is 0 Å². The minimum absolute atomic E-state index is 0.164. The molecule has 0 bridgehead atoms. The molecule has 0 heteroatoms. The molecule has 0 nitrogen and oxygen atoms in total. The highest BCUT2D eigenvalue weighted by Gasteiger charge is 2.38. The SMILES string of the molecule is CC(C)(C)C(C)(C)c1cccc(C(C)(C)C(C)(C)C)c1.CC(C)(C)CC1CCCC(CC(C)(C)C)C1.CC(C)(C)Cc1cccc(CC(C)(C)C)c1. The van der Waals surface area contributed by atoms with Crippen LogP contribution in [-0.4, -0.2) is 0 Å². The predicted octanol–water partition coefficient (Wildman–Crippen LogP) is 16.9. The van der Waals surface area contributed by atoms with Gasteiger partial charge in [-0.25, -0.2) is 0 Å². The molecule has 0 radical (unpaired) electrons. The summed E-state index contributed by atoms with van der Waals surface area (Å²) in [6.07, 6.45) is 11.1. The summed E-state index contributed by atoms with van der Waals surface area (Å²) in [4.78, 5) is 0. The van der Waals surface area contributed by atoms with Crippen LogP contribution in [0.25, 0.3) is 0 Å². The van der Waals surface area contributed by atoms with Crippen LogP contribution in [0.2, 0.25) is 0 Å². The van der Waals surface area contributed by atoms with E-state index in [0.29, 0.717) is 21.7 Å². The third-order valence-corrected chi connectivity index (χ3v) is 12.2. The number of benzene rings is 2. The Labute approximate surface area is 328 Å². The summed E-state index contributed by atoms with van der Waals surface area (Å²) in [5.74, 6) is 2.00. The predicted molar refractivity (Wildman–Crippen MR) is 238 cm³/mol. The van der Waals surface area contributed by atoms with Gasteiger partial charge in [0.25, 0.3) is 0 Å². The van der Waals surface area contributed by atoms with Crippen LogP contribution in [0.1, 0.15) is 213 Å². The zero-order valence-electron chi connectivity index (χ0n) is 39.4. The van der Waals surface area contributed by atoms with Crippen LogP contribution < -0.4 is 0 Å². The van der Waals surface area contributed by atoms with Crippen molar-refractivity contribution in [1.29, 1.82) is 0 Å². The normalized spacial score (nSPS) is 18.2. The van der Waals surface area contributed by atoms with E-state index in [1.165, 1.54) is 60.8 Å². The van der Waals surface area contributed by atoms with E-state index in [4.69, 9.17) is 0 Å². The van der Waals surface area contributed by atoms with Gasteiger partial charge in [0.1, 0.15) is 0 Å². The average molecular weight is 717 g/mol. The second-order valence-electron chi connectivity index (χ2n) is 25.1. The maximum absolute atomic E-state index is 2.43. The van der Waals surface area contributed by atoms with Gasteiger partial charge in [0, 0.05) is 0 Å². The summed E-state index contributed by atoms with van der Waals surface area (Å²) in [5.41, 5.74) is 8.44. The van der Waals surface area contributed by atoms with Crippen LogP contribution in [-0.2, 0) is 23.7 Å². The maximum atomic E-state index is 2.43.